The van der Waals surface area contributed by atoms with Crippen LogP contribution in [0.4, 0.5) is 11.4 Å². The number of nitrogens with one attached hydrogen (secondary N) is 1. The lowest BCUT2D eigenvalue weighted by Crippen LogP contribution is -2.25. The van der Waals surface area contributed by atoms with Crippen LogP contribution in [0.25, 0.3) is 6.08 Å². The molecular weight excluding hydrogens is 396 g/mol. The van der Waals surface area contributed by atoms with Gasteiger partial charge >= 0.3 is 5.69 Å². The molecule has 2 aromatic carbocycles. The number of methoxy groups -OCH3 is 1. The van der Waals surface area contributed by atoms with Crippen LogP contribution >= 0.6 is 0 Å². The predicted molar refractivity (Wildman–Crippen MR) is 109 cm³/mol. The zero-order valence-electron chi connectivity index (χ0n) is 16.1. The first-order valence-electron chi connectivity index (χ1n) is 8.50. The molecular formula is C19H18N4O7. The molecule has 0 aliphatic heterocycles. The quantitative estimate of drug-likeness (QED) is 0.377. The predicted octanol–water partition coefficient (Wildman–Crippen LogP) is 3.10. The van der Waals surface area contributed by atoms with Crippen LogP contribution in [0.2, 0.25) is 0 Å². The summed E-state index contributed by atoms with van der Waals surface area (Å²) in [6.07, 6.45) is 3.29. The van der Waals surface area contributed by atoms with Crippen molar-refractivity contribution in [2.75, 3.05) is 13.7 Å². The van der Waals surface area contributed by atoms with Gasteiger partial charge in [-0.05, 0) is 18.1 Å². The number of rotatable bonds is 9. The van der Waals surface area contributed by atoms with Crippen LogP contribution in [0.3, 0.4) is 0 Å². The van der Waals surface area contributed by atoms with Gasteiger partial charge in [0.15, 0.2) is 12.4 Å². The fourth-order valence-electron chi connectivity index (χ4n) is 2.34. The lowest BCUT2D eigenvalue weighted by Gasteiger charge is -2.10. The van der Waals surface area contributed by atoms with Crippen molar-refractivity contribution in [3.05, 3.63) is 73.8 Å². The van der Waals surface area contributed by atoms with E-state index in [9.17, 15) is 25.0 Å². The molecule has 2 rings (SSSR count). The highest BCUT2D eigenvalue weighted by Gasteiger charge is 2.27. The van der Waals surface area contributed by atoms with E-state index in [1.165, 1.54) is 13.3 Å². The first-order chi connectivity index (χ1) is 14.3. The number of hydrogen-bond acceptors (Lipinski definition) is 8. The van der Waals surface area contributed by atoms with Gasteiger partial charge in [-0.3, -0.25) is 25.0 Å². The largest absolute Gasteiger partial charge is 0.492 e. The van der Waals surface area contributed by atoms with Crippen LogP contribution in [0.1, 0.15) is 12.5 Å². The Labute approximate surface area is 170 Å². The number of carbonyl (C=O) groups is 1. The number of nitro groups is 2. The van der Waals surface area contributed by atoms with E-state index in [-0.39, 0.29) is 5.75 Å². The normalized spacial score (nSPS) is 11.2. The molecule has 11 heteroatoms. The topological polar surface area (TPSA) is 146 Å². The molecule has 0 aliphatic rings. The first-order valence-corrected chi connectivity index (χ1v) is 8.50. The molecule has 0 saturated heterocycles. The van der Waals surface area contributed by atoms with Crippen molar-refractivity contribution in [1.29, 1.82) is 0 Å². The van der Waals surface area contributed by atoms with Gasteiger partial charge in [0, 0.05) is 0 Å². The second kappa shape index (κ2) is 10.3. The Morgan fingerprint density at radius 1 is 1.17 bits per heavy atom. The number of allylic oxidation sites excluding steroid dienone is 1. The maximum atomic E-state index is 11.9. The standard InChI is InChI=1S/C19H18N4O7/c1-13(8-14-6-4-3-5-7-14)11-20-21-18(24)12-30-19-16(23(27)28)9-15(22(25)26)10-17(19)29-2/h3-11H,12H2,1-2H3,(H,21,24). The summed E-state index contributed by atoms with van der Waals surface area (Å²) >= 11 is 0. The average molecular weight is 414 g/mol. The Bertz CT molecular complexity index is 1000. The summed E-state index contributed by atoms with van der Waals surface area (Å²) in [4.78, 5) is 32.4. The molecule has 0 fully saturated rings. The molecule has 0 aliphatic carbocycles. The third-order valence-electron chi connectivity index (χ3n) is 3.65. The number of nitro benzene ring substituents is 2. The number of non-ortho nitro benzene ring substituents is 1. The van der Waals surface area contributed by atoms with Crippen molar-refractivity contribution in [3.8, 4) is 11.5 Å². The molecule has 0 bridgehead atoms. The highest BCUT2D eigenvalue weighted by molar-refractivity contribution is 5.86. The summed E-state index contributed by atoms with van der Waals surface area (Å²) in [5, 5.41) is 25.9. The molecule has 0 heterocycles. The number of nitrogens with zero attached hydrogens (tertiary/aromatic N) is 3. The van der Waals surface area contributed by atoms with E-state index in [4.69, 9.17) is 9.47 Å². The fourth-order valence-corrected chi connectivity index (χ4v) is 2.34. The molecule has 11 nitrogen and oxygen atoms in total. The van der Waals surface area contributed by atoms with Gasteiger partial charge in [-0.2, -0.15) is 5.10 Å². The van der Waals surface area contributed by atoms with Gasteiger partial charge in [0.05, 0.1) is 35.3 Å². The van der Waals surface area contributed by atoms with Crippen molar-refractivity contribution in [3.63, 3.8) is 0 Å². The van der Waals surface area contributed by atoms with Gasteiger partial charge in [-0.15, -0.1) is 0 Å². The van der Waals surface area contributed by atoms with E-state index in [0.29, 0.717) is 0 Å². The highest BCUT2D eigenvalue weighted by Crippen LogP contribution is 2.40. The minimum absolute atomic E-state index is 0.242. The summed E-state index contributed by atoms with van der Waals surface area (Å²) in [6, 6.07) is 11.2. The Balaban J connectivity index is 2.04. The lowest BCUT2D eigenvalue weighted by atomic mass is 10.1. The zero-order valence-corrected chi connectivity index (χ0v) is 16.1. The maximum Gasteiger partial charge on any atom is 0.321 e. The van der Waals surface area contributed by atoms with Crippen LogP contribution in [0.15, 0.2) is 53.1 Å². The lowest BCUT2D eigenvalue weighted by molar-refractivity contribution is -0.394. The van der Waals surface area contributed by atoms with Gasteiger partial charge in [-0.25, -0.2) is 5.43 Å². The molecule has 30 heavy (non-hydrogen) atoms. The van der Waals surface area contributed by atoms with Crippen molar-refractivity contribution < 1.29 is 24.1 Å². The minimum Gasteiger partial charge on any atom is -0.492 e. The monoisotopic (exact) mass is 414 g/mol. The minimum atomic E-state index is -0.862. The second-order valence-corrected chi connectivity index (χ2v) is 5.89. The molecule has 0 aromatic heterocycles. The summed E-state index contributed by atoms with van der Waals surface area (Å²) in [6.45, 7) is 1.18. The van der Waals surface area contributed by atoms with Crippen molar-refractivity contribution >= 4 is 29.6 Å². The van der Waals surface area contributed by atoms with Crippen molar-refractivity contribution in [1.82, 2.24) is 5.43 Å². The van der Waals surface area contributed by atoms with E-state index in [2.05, 4.69) is 10.5 Å². The van der Waals surface area contributed by atoms with Crippen LogP contribution in [-0.2, 0) is 4.79 Å². The number of hydrazone groups is 1. The smallest absolute Gasteiger partial charge is 0.321 e. The third-order valence-corrected chi connectivity index (χ3v) is 3.65. The number of carbonyl (C=O) groups excluding carboxylic acids is 1. The summed E-state index contributed by atoms with van der Waals surface area (Å²) in [5.41, 5.74) is 2.73. The Hall–Kier alpha value is -4.28. The molecule has 2 aromatic rings. The molecule has 0 unspecified atom stereocenters. The summed E-state index contributed by atoms with van der Waals surface area (Å²) in [7, 11) is 1.17. The van der Waals surface area contributed by atoms with E-state index in [0.717, 1.165) is 23.3 Å². The molecule has 0 spiro atoms. The third kappa shape index (κ3) is 6.12. The van der Waals surface area contributed by atoms with E-state index in [1.54, 1.807) is 6.92 Å². The van der Waals surface area contributed by atoms with Gasteiger partial charge < -0.3 is 9.47 Å². The molecule has 156 valence electrons. The van der Waals surface area contributed by atoms with E-state index in [1.807, 2.05) is 36.4 Å². The number of benzene rings is 2. The number of hydrogen-bond donors (Lipinski definition) is 1. The molecule has 0 saturated carbocycles. The Kier molecular flexibility index (Phi) is 7.57. The molecule has 1 N–H and O–H groups in total. The van der Waals surface area contributed by atoms with Crippen LogP contribution in [0.5, 0.6) is 11.5 Å². The Morgan fingerprint density at radius 2 is 1.87 bits per heavy atom. The maximum absolute atomic E-state index is 11.9. The van der Waals surface area contributed by atoms with Crippen LogP contribution in [0, 0.1) is 20.2 Å². The highest BCUT2D eigenvalue weighted by atomic mass is 16.6. The zero-order chi connectivity index (χ0) is 22.1. The van der Waals surface area contributed by atoms with Crippen molar-refractivity contribution in [2.45, 2.75) is 6.92 Å². The molecule has 0 atom stereocenters. The second-order valence-electron chi connectivity index (χ2n) is 5.89. The average Bonchev–Trinajstić information content (AvgIpc) is 2.72. The Morgan fingerprint density at radius 3 is 2.47 bits per heavy atom. The number of ether oxygens (including phenoxy) is 2. The van der Waals surface area contributed by atoms with Crippen LogP contribution < -0.4 is 14.9 Å². The van der Waals surface area contributed by atoms with Crippen LogP contribution in [-0.4, -0.2) is 35.7 Å². The molecule has 1 amide bonds. The molecule has 0 radical (unpaired) electrons. The van der Waals surface area contributed by atoms with Crippen molar-refractivity contribution in [2.24, 2.45) is 5.10 Å². The van der Waals surface area contributed by atoms with Gasteiger partial charge in [0.25, 0.3) is 11.6 Å². The van der Waals surface area contributed by atoms with Gasteiger partial charge in [-0.1, -0.05) is 36.4 Å². The SMILES string of the molecule is COc1cc([N+](=O)[O-])cc([N+](=O)[O-])c1OCC(=O)NN=CC(C)=Cc1ccccc1. The summed E-state index contributed by atoms with van der Waals surface area (Å²) in [5.74, 6) is -1.32. The van der Waals surface area contributed by atoms with E-state index < -0.39 is 39.5 Å². The summed E-state index contributed by atoms with van der Waals surface area (Å²) < 4.78 is 10.1. The first kappa shape index (κ1) is 22.0. The van der Waals surface area contributed by atoms with Gasteiger partial charge in [0.1, 0.15) is 0 Å². The van der Waals surface area contributed by atoms with Gasteiger partial charge in [0.2, 0.25) is 5.75 Å². The van der Waals surface area contributed by atoms with E-state index >= 15 is 0 Å². The fraction of sp³-hybridized carbons (Fsp3) is 0.158. The number of amides is 1.